The van der Waals surface area contributed by atoms with Gasteiger partial charge in [0.15, 0.2) is 11.5 Å². The van der Waals surface area contributed by atoms with E-state index in [0.717, 1.165) is 18.5 Å². The van der Waals surface area contributed by atoms with Gasteiger partial charge in [0.05, 0.1) is 13.2 Å². The van der Waals surface area contributed by atoms with E-state index in [1.165, 1.54) is 0 Å². The van der Waals surface area contributed by atoms with Crippen LogP contribution in [0.2, 0.25) is 0 Å². The Hall–Kier alpha value is -2.69. The lowest BCUT2D eigenvalue weighted by atomic mass is 10.2. The van der Waals surface area contributed by atoms with E-state index < -0.39 is 0 Å². The molecule has 0 bridgehead atoms. The van der Waals surface area contributed by atoms with Crippen molar-refractivity contribution < 1.29 is 14.3 Å². The number of nitrogens with one attached hydrogen (secondary N) is 1. The van der Waals surface area contributed by atoms with Crippen molar-refractivity contribution in [3.8, 4) is 11.5 Å². The lowest BCUT2D eigenvalue weighted by Crippen LogP contribution is -2.13. The molecule has 0 aliphatic carbocycles. The highest BCUT2D eigenvalue weighted by atomic mass is 16.5. The summed E-state index contributed by atoms with van der Waals surface area (Å²) in [5, 5.41) is 2.92. The number of nitrogens with zero attached hydrogens (tertiary/aromatic N) is 1. The molecule has 2 aromatic rings. The fourth-order valence-corrected chi connectivity index (χ4v) is 2.36. The zero-order valence-electron chi connectivity index (χ0n) is 16.0. The van der Waals surface area contributed by atoms with Crippen LogP contribution in [0.25, 0.3) is 0 Å². The largest absolute Gasteiger partial charge is 0.490 e. The number of hydrogen-bond acceptors (Lipinski definition) is 4. The third kappa shape index (κ3) is 5.41. The second kappa shape index (κ2) is 9.70. The number of carbonyl (C=O) groups is 1. The van der Waals surface area contributed by atoms with E-state index in [2.05, 4.69) is 19.2 Å². The van der Waals surface area contributed by atoms with Crippen LogP contribution in [0.4, 0.5) is 11.4 Å². The Balaban J connectivity index is 2.12. The molecule has 2 aromatic carbocycles. The lowest BCUT2D eigenvalue weighted by molar-refractivity contribution is 0.102. The van der Waals surface area contributed by atoms with Crippen LogP contribution in [0.3, 0.4) is 0 Å². The summed E-state index contributed by atoms with van der Waals surface area (Å²) in [6.45, 7) is 5.34. The first kappa shape index (κ1) is 19.6. The minimum absolute atomic E-state index is 0.154. The van der Waals surface area contributed by atoms with E-state index in [-0.39, 0.29) is 5.91 Å². The Morgan fingerprint density at radius 1 is 0.923 bits per heavy atom. The predicted octanol–water partition coefficient (Wildman–Crippen LogP) is 4.58. The molecule has 5 nitrogen and oxygen atoms in total. The van der Waals surface area contributed by atoms with Gasteiger partial charge in [-0.25, -0.2) is 0 Å². The Labute approximate surface area is 155 Å². The van der Waals surface area contributed by atoms with Crippen molar-refractivity contribution >= 4 is 17.3 Å². The number of carbonyl (C=O) groups excluding carboxylic acids is 1. The van der Waals surface area contributed by atoms with Crippen LogP contribution in [-0.4, -0.2) is 33.2 Å². The van der Waals surface area contributed by atoms with Gasteiger partial charge in [0, 0.05) is 37.1 Å². The van der Waals surface area contributed by atoms with Crippen LogP contribution in [0.5, 0.6) is 11.5 Å². The first-order chi connectivity index (χ1) is 12.5. The van der Waals surface area contributed by atoms with Gasteiger partial charge in [-0.15, -0.1) is 0 Å². The Morgan fingerprint density at radius 3 is 2.12 bits per heavy atom. The summed E-state index contributed by atoms with van der Waals surface area (Å²) in [4.78, 5) is 14.5. The van der Waals surface area contributed by atoms with E-state index >= 15 is 0 Å². The molecule has 0 aliphatic heterocycles. The van der Waals surface area contributed by atoms with Crippen LogP contribution in [0.1, 0.15) is 37.0 Å². The van der Waals surface area contributed by atoms with E-state index in [1.54, 1.807) is 0 Å². The topological polar surface area (TPSA) is 50.8 Å². The van der Waals surface area contributed by atoms with Gasteiger partial charge in [-0.1, -0.05) is 13.8 Å². The molecule has 140 valence electrons. The monoisotopic (exact) mass is 356 g/mol. The van der Waals surface area contributed by atoms with Gasteiger partial charge in [-0.05, 0) is 49.2 Å². The summed E-state index contributed by atoms with van der Waals surface area (Å²) >= 11 is 0. The standard InChI is InChI=1S/C21H28N2O3/c1-5-13-25-19-12-9-17(15-20(19)26-14-6-2)22-21(24)16-7-10-18(11-8-16)23(3)4/h7-12,15H,5-6,13-14H2,1-4H3,(H,22,24). The van der Waals surface area contributed by atoms with Gasteiger partial charge >= 0.3 is 0 Å². The molecule has 0 radical (unpaired) electrons. The van der Waals surface area contributed by atoms with Gasteiger partial charge in [0.2, 0.25) is 0 Å². The average molecular weight is 356 g/mol. The molecule has 0 aromatic heterocycles. The molecule has 0 fully saturated rings. The molecule has 0 atom stereocenters. The van der Waals surface area contributed by atoms with Crippen molar-refractivity contribution in [1.29, 1.82) is 0 Å². The minimum atomic E-state index is -0.154. The molecular formula is C21H28N2O3. The van der Waals surface area contributed by atoms with Crippen LogP contribution in [0, 0.1) is 0 Å². The summed E-state index contributed by atoms with van der Waals surface area (Å²) in [5.41, 5.74) is 2.34. The Morgan fingerprint density at radius 2 is 1.54 bits per heavy atom. The predicted molar refractivity (Wildman–Crippen MR) is 107 cm³/mol. The molecule has 0 saturated carbocycles. The Kier molecular flexibility index (Phi) is 7.33. The fraction of sp³-hybridized carbons (Fsp3) is 0.381. The SMILES string of the molecule is CCCOc1ccc(NC(=O)c2ccc(N(C)C)cc2)cc1OCCC. The second-order valence-corrected chi connectivity index (χ2v) is 6.25. The molecule has 1 amide bonds. The van der Waals surface area contributed by atoms with E-state index in [1.807, 2.05) is 61.5 Å². The summed E-state index contributed by atoms with van der Waals surface area (Å²) in [7, 11) is 3.93. The molecule has 0 heterocycles. The van der Waals surface area contributed by atoms with E-state index in [9.17, 15) is 4.79 Å². The third-order valence-corrected chi connectivity index (χ3v) is 3.77. The quantitative estimate of drug-likeness (QED) is 0.714. The molecule has 5 heteroatoms. The third-order valence-electron chi connectivity index (χ3n) is 3.77. The highest BCUT2D eigenvalue weighted by Crippen LogP contribution is 2.31. The summed E-state index contributed by atoms with van der Waals surface area (Å²) < 4.78 is 11.5. The number of amides is 1. The fourth-order valence-electron chi connectivity index (χ4n) is 2.36. The Bertz CT molecular complexity index is 712. The average Bonchev–Trinajstić information content (AvgIpc) is 2.65. The van der Waals surface area contributed by atoms with Crippen LogP contribution < -0.4 is 19.7 Å². The number of ether oxygens (including phenoxy) is 2. The van der Waals surface area contributed by atoms with Crippen LogP contribution in [-0.2, 0) is 0 Å². The van der Waals surface area contributed by atoms with E-state index in [4.69, 9.17) is 9.47 Å². The summed E-state index contributed by atoms with van der Waals surface area (Å²) in [5.74, 6) is 1.20. The van der Waals surface area contributed by atoms with Crippen molar-refractivity contribution in [2.45, 2.75) is 26.7 Å². The smallest absolute Gasteiger partial charge is 0.255 e. The van der Waals surface area contributed by atoms with Crippen molar-refractivity contribution in [3.63, 3.8) is 0 Å². The molecule has 0 saturated heterocycles. The highest BCUT2D eigenvalue weighted by molar-refractivity contribution is 6.04. The van der Waals surface area contributed by atoms with Crippen molar-refractivity contribution in [1.82, 2.24) is 0 Å². The number of anilines is 2. The first-order valence-corrected chi connectivity index (χ1v) is 9.03. The number of rotatable bonds is 9. The maximum atomic E-state index is 12.5. The first-order valence-electron chi connectivity index (χ1n) is 9.03. The number of hydrogen-bond donors (Lipinski definition) is 1. The normalized spacial score (nSPS) is 10.3. The summed E-state index contributed by atoms with van der Waals surface area (Å²) in [6, 6.07) is 13.0. The highest BCUT2D eigenvalue weighted by Gasteiger charge is 2.11. The van der Waals surface area contributed by atoms with Gasteiger partial charge in [0.25, 0.3) is 5.91 Å². The van der Waals surface area contributed by atoms with Gasteiger partial charge in [0.1, 0.15) is 0 Å². The van der Waals surface area contributed by atoms with Crippen LogP contribution >= 0.6 is 0 Å². The number of benzene rings is 2. The molecule has 0 spiro atoms. The van der Waals surface area contributed by atoms with Crippen molar-refractivity contribution in [2.75, 3.05) is 37.5 Å². The van der Waals surface area contributed by atoms with Gasteiger partial charge < -0.3 is 19.7 Å². The molecular weight excluding hydrogens is 328 g/mol. The van der Waals surface area contributed by atoms with Crippen molar-refractivity contribution in [2.24, 2.45) is 0 Å². The maximum Gasteiger partial charge on any atom is 0.255 e. The molecule has 0 unspecified atom stereocenters. The van der Waals surface area contributed by atoms with Crippen LogP contribution in [0.15, 0.2) is 42.5 Å². The minimum Gasteiger partial charge on any atom is -0.490 e. The molecule has 2 rings (SSSR count). The van der Waals surface area contributed by atoms with E-state index in [0.29, 0.717) is 36.0 Å². The molecule has 26 heavy (non-hydrogen) atoms. The van der Waals surface area contributed by atoms with Gasteiger partial charge in [-0.2, -0.15) is 0 Å². The molecule has 0 aliphatic rings. The molecule has 1 N–H and O–H groups in total. The zero-order chi connectivity index (χ0) is 18.9. The van der Waals surface area contributed by atoms with Gasteiger partial charge in [-0.3, -0.25) is 4.79 Å². The second-order valence-electron chi connectivity index (χ2n) is 6.25. The maximum absolute atomic E-state index is 12.5. The van der Waals surface area contributed by atoms with Crippen molar-refractivity contribution in [3.05, 3.63) is 48.0 Å². The zero-order valence-corrected chi connectivity index (χ0v) is 16.0. The summed E-state index contributed by atoms with van der Waals surface area (Å²) in [6.07, 6.45) is 1.83. The lowest BCUT2D eigenvalue weighted by Gasteiger charge is -2.15.